The van der Waals surface area contributed by atoms with Crippen LogP contribution in [0.1, 0.15) is 99.9 Å². The van der Waals surface area contributed by atoms with E-state index in [0.29, 0.717) is 0 Å². The quantitative estimate of drug-likeness (QED) is 0.173. The van der Waals surface area contributed by atoms with Crippen molar-refractivity contribution >= 4 is 43.9 Å². The average molecular weight is 875 g/mol. The highest BCUT2D eigenvalue weighted by molar-refractivity contribution is 6.21. The van der Waals surface area contributed by atoms with Crippen molar-refractivity contribution in [1.29, 1.82) is 0 Å². The third kappa shape index (κ3) is 4.55. The second-order valence-electron chi connectivity index (χ2n) is 22.4. The van der Waals surface area contributed by atoms with E-state index in [2.05, 4.69) is 213 Å². The van der Waals surface area contributed by atoms with Crippen molar-refractivity contribution in [2.75, 3.05) is 0 Å². The van der Waals surface area contributed by atoms with E-state index in [-0.39, 0.29) is 21.7 Å². The first-order chi connectivity index (χ1) is 32.7. The van der Waals surface area contributed by atoms with Crippen LogP contribution in [0.3, 0.4) is 0 Å². The van der Waals surface area contributed by atoms with Crippen LogP contribution in [0.2, 0.25) is 0 Å². The van der Waals surface area contributed by atoms with Crippen LogP contribution < -0.4 is 0 Å². The van der Waals surface area contributed by atoms with Gasteiger partial charge in [0.15, 0.2) is 0 Å². The van der Waals surface area contributed by atoms with Gasteiger partial charge < -0.3 is 8.83 Å². The van der Waals surface area contributed by atoms with E-state index in [1.54, 1.807) is 0 Å². The smallest absolute Gasteiger partial charge is 0.143 e. The molecule has 9 aromatic carbocycles. The van der Waals surface area contributed by atoms with Gasteiger partial charge in [-0.3, -0.25) is 0 Å². The zero-order chi connectivity index (χ0) is 46.0. The Bertz CT molecular complexity index is 3870. The Morgan fingerprint density at radius 3 is 1.07 bits per heavy atom. The van der Waals surface area contributed by atoms with Crippen LogP contribution >= 0.6 is 0 Å². The number of fused-ring (bicyclic) bond motifs is 20. The Morgan fingerprint density at radius 2 is 0.632 bits per heavy atom. The summed E-state index contributed by atoms with van der Waals surface area (Å²) in [5.41, 5.74) is 29.2. The summed E-state index contributed by atoms with van der Waals surface area (Å²) < 4.78 is 14.1. The molecule has 0 amide bonds. The van der Waals surface area contributed by atoms with E-state index in [9.17, 15) is 0 Å². The van der Waals surface area contributed by atoms with Crippen molar-refractivity contribution in [3.8, 4) is 66.8 Å². The number of rotatable bonds is 2. The highest BCUT2D eigenvalue weighted by atomic mass is 16.3. The summed E-state index contributed by atoms with van der Waals surface area (Å²) in [6.45, 7) is 19.2. The molecule has 68 heavy (non-hydrogen) atoms. The van der Waals surface area contributed by atoms with Crippen molar-refractivity contribution < 1.29 is 8.83 Å². The van der Waals surface area contributed by atoms with Crippen molar-refractivity contribution in [3.05, 3.63) is 202 Å². The molecule has 0 radical (unpaired) electrons. The molecule has 11 aromatic rings. The highest BCUT2D eigenvalue weighted by Gasteiger charge is 2.45. The van der Waals surface area contributed by atoms with Gasteiger partial charge in [-0.2, -0.15) is 0 Å². The first kappa shape index (κ1) is 38.7. The third-order valence-corrected chi connectivity index (χ3v) is 17.5. The zero-order valence-electron chi connectivity index (χ0n) is 39.8. The normalized spacial score (nSPS) is 16.7. The van der Waals surface area contributed by atoms with Gasteiger partial charge in [0.2, 0.25) is 0 Å². The molecular formula is C66H50O2. The van der Waals surface area contributed by atoms with E-state index in [1.807, 2.05) is 0 Å². The van der Waals surface area contributed by atoms with Gasteiger partial charge in [0, 0.05) is 54.3 Å². The van der Waals surface area contributed by atoms with Crippen LogP contribution in [-0.4, -0.2) is 0 Å². The first-order valence-electron chi connectivity index (χ1n) is 24.4. The maximum absolute atomic E-state index is 7.04. The summed E-state index contributed by atoms with van der Waals surface area (Å²) in [5, 5.41) is 4.75. The van der Waals surface area contributed by atoms with Gasteiger partial charge >= 0.3 is 0 Å². The number of furan rings is 2. The molecule has 4 aliphatic carbocycles. The summed E-state index contributed by atoms with van der Waals surface area (Å²) in [6, 6.07) is 59.5. The fourth-order valence-corrected chi connectivity index (χ4v) is 13.9. The van der Waals surface area contributed by atoms with Crippen LogP contribution in [0.15, 0.2) is 167 Å². The Morgan fingerprint density at radius 1 is 0.279 bits per heavy atom. The monoisotopic (exact) mass is 874 g/mol. The predicted octanol–water partition coefficient (Wildman–Crippen LogP) is 18.0. The Kier molecular flexibility index (Phi) is 7.03. The van der Waals surface area contributed by atoms with E-state index in [1.165, 1.54) is 111 Å². The fraction of sp³-hybridized carbons (Fsp3) is 0.182. The first-order valence-corrected chi connectivity index (χ1v) is 24.4. The van der Waals surface area contributed by atoms with E-state index in [0.717, 1.165) is 44.2 Å². The van der Waals surface area contributed by atoms with Gasteiger partial charge in [-0.15, -0.1) is 0 Å². The molecule has 0 saturated heterocycles. The molecule has 326 valence electrons. The lowest BCUT2D eigenvalue weighted by Crippen LogP contribution is -2.17. The predicted molar refractivity (Wildman–Crippen MR) is 282 cm³/mol. The minimum absolute atomic E-state index is 0.0602. The van der Waals surface area contributed by atoms with E-state index < -0.39 is 0 Å². The summed E-state index contributed by atoms with van der Waals surface area (Å²) in [6.07, 6.45) is 0. The molecule has 0 spiro atoms. The summed E-state index contributed by atoms with van der Waals surface area (Å²) in [7, 11) is 0. The van der Waals surface area contributed by atoms with Gasteiger partial charge in [0.25, 0.3) is 0 Å². The number of hydrogen-bond acceptors (Lipinski definition) is 2. The van der Waals surface area contributed by atoms with Crippen LogP contribution in [0, 0.1) is 0 Å². The summed E-state index contributed by atoms with van der Waals surface area (Å²) >= 11 is 0. The molecule has 0 atom stereocenters. The lowest BCUT2D eigenvalue weighted by molar-refractivity contribution is 0.650. The molecule has 0 N–H and O–H groups in total. The molecule has 2 aromatic heterocycles. The van der Waals surface area contributed by atoms with Gasteiger partial charge in [-0.05, 0) is 149 Å². The summed E-state index contributed by atoms with van der Waals surface area (Å²) in [4.78, 5) is 0. The van der Waals surface area contributed by atoms with E-state index >= 15 is 0 Å². The lowest BCUT2D eigenvalue weighted by atomic mass is 9.78. The highest BCUT2D eigenvalue weighted by Crippen LogP contribution is 2.62. The van der Waals surface area contributed by atoms with Crippen molar-refractivity contribution in [2.24, 2.45) is 0 Å². The topological polar surface area (TPSA) is 26.3 Å². The van der Waals surface area contributed by atoms with Gasteiger partial charge in [0.05, 0.1) is 0 Å². The number of hydrogen-bond donors (Lipinski definition) is 0. The second-order valence-corrected chi connectivity index (χ2v) is 22.4. The number of para-hydroxylation sites is 2. The number of benzene rings is 9. The second kappa shape index (κ2) is 12.4. The van der Waals surface area contributed by atoms with Crippen LogP contribution in [0.4, 0.5) is 0 Å². The Hall–Kier alpha value is -7.42. The largest absolute Gasteiger partial charge is 0.455 e. The maximum atomic E-state index is 7.04. The molecule has 2 heterocycles. The summed E-state index contributed by atoms with van der Waals surface area (Å²) in [5.74, 6) is 0. The molecule has 0 fully saturated rings. The molecule has 0 saturated carbocycles. The average Bonchev–Trinajstić information content (AvgIpc) is 4.13. The van der Waals surface area contributed by atoms with Crippen LogP contribution in [0.25, 0.3) is 111 Å². The molecule has 0 aliphatic heterocycles. The fourth-order valence-electron chi connectivity index (χ4n) is 13.9. The molecule has 4 aliphatic rings. The molecular weight excluding hydrogens is 825 g/mol. The van der Waals surface area contributed by atoms with Gasteiger partial charge in [-0.25, -0.2) is 0 Å². The zero-order valence-corrected chi connectivity index (χ0v) is 39.8. The molecule has 2 nitrogen and oxygen atoms in total. The molecule has 0 unspecified atom stereocenters. The van der Waals surface area contributed by atoms with Gasteiger partial charge in [-0.1, -0.05) is 165 Å². The van der Waals surface area contributed by atoms with Crippen molar-refractivity contribution in [2.45, 2.75) is 77.0 Å². The minimum Gasteiger partial charge on any atom is -0.455 e. The maximum Gasteiger partial charge on any atom is 0.143 e. The van der Waals surface area contributed by atoms with Crippen LogP contribution in [0.5, 0.6) is 0 Å². The standard InChI is InChI=1S/C66H50O2/c1-63(2)47-21-13-9-17-37(47)43-29-35(25-27-49(43)63)41-31-53-57(59-39-19-11-15-23-55(39)67-61(41)59)45-33-52-46(34-51(45)65(53,5)6)58-54(66(52,7)8)32-42(62-60(58)40-20-12-16-24-56(40)68-62)36-26-28-50-44(30-36)38-18-10-14-22-48(38)64(50,3)4/h9-34H,1-8H3. The Labute approximate surface area is 396 Å². The molecule has 2 heteroatoms. The van der Waals surface area contributed by atoms with Crippen molar-refractivity contribution in [3.63, 3.8) is 0 Å². The van der Waals surface area contributed by atoms with E-state index in [4.69, 9.17) is 8.83 Å². The molecule has 0 bridgehead atoms. The molecule has 15 rings (SSSR count). The van der Waals surface area contributed by atoms with Crippen molar-refractivity contribution in [1.82, 2.24) is 0 Å². The lowest BCUT2D eigenvalue weighted by Gasteiger charge is -2.24. The van der Waals surface area contributed by atoms with Crippen LogP contribution in [-0.2, 0) is 21.7 Å². The third-order valence-electron chi connectivity index (χ3n) is 17.5. The minimum atomic E-state index is -0.300. The Balaban J connectivity index is 0.967. The van der Waals surface area contributed by atoms with Gasteiger partial charge in [0.1, 0.15) is 22.3 Å². The SMILES string of the molecule is CC1(C)c2ccccc2-c2cc(-c3cc4c(c5c3oc3ccccc35)-c3cc5c(cc3C4(C)C)-c3c(cc(-c4ccc6c(c4)-c4ccccc4C6(C)C)c4oc6ccccc6c34)C5(C)C)ccc21.